The first-order chi connectivity index (χ1) is 23.3. The van der Waals surface area contributed by atoms with Crippen molar-refractivity contribution in [1.82, 2.24) is 15.0 Å². The molecule has 15 nitrogen and oxygen atoms in total. The lowest BCUT2D eigenvalue weighted by atomic mass is 9.97. The maximum absolute atomic E-state index is 13.0. The van der Waals surface area contributed by atoms with E-state index in [4.69, 9.17) is 52.1 Å². The fourth-order valence-corrected chi connectivity index (χ4v) is 7.22. The predicted octanol–water partition coefficient (Wildman–Crippen LogP) is 3.15. The van der Waals surface area contributed by atoms with Gasteiger partial charge >= 0.3 is 5.97 Å². The normalized spacial score (nSPS) is 36.1. The first-order valence-corrected chi connectivity index (χ1v) is 16.9. The number of aromatic nitrogens is 3. The van der Waals surface area contributed by atoms with Crippen molar-refractivity contribution in [3.8, 4) is 0 Å². The number of ether oxygens (including phenoxy) is 11. The lowest BCUT2D eigenvalue weighted by Crippen LogP contribution is -2.62. The molecule has 1 spiro atoms. The van der Waals surface area contributed by atoms with Crippen LogP contribution in [0.25, 0.3) is 0 Å². The third-order valence-corrected chi connectivity index (χ3v) is 9.17. The van der Waals surface area contributed by atoms with Gasteiger partial charge in [-0.25, -0.2) is 4.68 Å². The molecule has 6 heterocycles. The summed E-state index contributed by atoms with van der Waals surface area (Å²) in [6, 6.07) is 9.14. The van der Waals surface area contributed by atoms with Gasteiger partial charge in [-0.3, -0.25) is 4.79 Å². The highest BCUT2D eigenvalue weighted by Gasteiger charge is 2.63. The van der Waals surface area contributed by atoms with Crippen LogP contribution in [0.2, 0.25) is 0 Å². The summed E-state index contributed by atoms with van der Waals surface area (Å²) in [5.41, 5.74) is 1.48. The quantitative estimate of drug-likeness (QED) is 0.318. The Kier molecular flexibility index (Phi) is 9.39. The Morgan fingerprint density at radius 3 is 2.43 bits per heavy atom. The van der Waals surface area contributed by atoms with Crippen molar-refractivity contribution in [2.45, 2.75) is 140 Å². The second kappa shape index (κ2) is 13.2. The molecule has 1 aromatic carbocycles. The Labute approximate surface area is 285 Å². The van der Waals surface area contributed by atoms with Crippen molar-refractivity contribution < 1.29 is 56.9 Å². The molecule has 2 aromatic rings. The van der Waals surface area contributed by atoms with Gasteiger partial charge in [0.05, 0.1) is 45.1 Å². The predicted molar refractivity (Wildman–Crippen MR) is 166 cm³/mol. The van der Waals surface area contributed by atoms with E-state index in [1.807, 2.05) is 71.9 Å². The zero-order valence-electron chi connectivity index (χ0n) is 29.1. The third kappa shape index (κ3) is 7.29. The van der Waals surface area contributed by atoms with Crippen LogP contribution in [0.1, 0.15) is 72.2 Å². The van der Waals surface area contributed by atoms with E-state index in [-0.39, 0.29) is 39.0 Å². The Bertz CT molecular complexity index is 1470. The molecular weight excluding hydrogens is 642 g/mol. The van der Waals surface area contributed by atoms with Crippen molar-refractivity contribution in [3.63, 3.8) is 0 Å². The van der Waals surface area contributed by atoms with Crippen LogP contribution in [0, 0.1) is 0 Å². The van der Waals surface area contributed by atoms with Gasteiger partial charge < -0.3 is 52.1 Å². The van der Waals surface area contributed by atoms with Gasteiger partial charge in [-0.15, -0.1) is 5.10 Å². The zero-order chi connectivity index (χ0) is 34.6. The molecule has 7 rings (SSSR count). The van der Waals surface area contributed by atoms with Gasteiger partial charge in [0.2, 0.25) is 5.79 Å². The van der Waals surface area contributed by atoms with E-state index in [1.54, 1.807) is 17.8 Å². The molecule has 0 aliphatic carbocycles. The standard InChI is InChI=1S/C34H47N3O12/c1-8-39-24(38)14-22(25-27(40-16-20-12-10-9-11-13-20)28-30(44-25)48-33(6,7)47-28)37-15-21(35-36-37)17-41-29-26-23(45-32(4,5)46-26)18-42-34(29)19-43-31(2,3)49-34/h9-13,15,22-23,25-30H,8,14,16-19H2,1-7H3/t22?,23?,25?,26?,27-,28+,29?,30+,34?/m0/s1. The molecule has 0 amide bonds. The van der Waals surface area contributed by atoms with Crippen LogP contribution in [-0.2, 0) is 70.1 Å². The highest BCUT2D eigenvalue weighted by molar-refractivity contribution is 5.70. The summed E-state index contributed by atoms with van der Waals surface area (Å²) in [7, 11) is 0. The molecule has 0 saturated carbocycles. The molecule has 15 heteroatoms. The molecule has 0 bridgehead atoms. The number of carbonyl (C=O) groups excluding carboxylic acids is 1. The molecule has 0 N–H and O–H groups in total. The van der Waals surface area contributed by atoms with Crippen molar-refractivity contribution in [2.24, 2.45) is 0 Å². The van der Waals surface area contributed by atoms with E-state index in [1.165, 1.54) is 0 Å². The molecular formula is C34H47N3O12. The van der Waals surface area contributed by atoms with Crippen molar-refractivity contribution in [1.29, 1.82) is 0 Å². The average Bonchev–Trinajstić information content (AvgIpc) is 3.83. The van der Waals surface area contributed by atoms with Crippen LogP contribution < -0.4 is 0 Å². The van der Waals surface area contributed by atoms with E-state index in [0.29, 0.717) is 12.3 Å². The average molecular weight is 690 g/mol. The second-order valence-corrected chi connectivity index (χ2v) is 14.4. The minimum Gasteiger partial charge on any atom is -0.466 e. The summed E-state index contributed by atoms with van der Waals surface area (Å²) < 4.78 is 69.6. The molecule has 49 heavy (non-hydrogen) atoms. The van der Waals surface area contributed by atoms with Crippen molar-refractivity contribution >= 4 is 5.97 Å². The molecule has 9 atom stereocenters. The van der Waals surface area contributed by atoms with Gasteiger partial charge in [-0.1, -0.05) is 35.5 Å². The van der Waals surface area contributed by atoms with Crippen LogP contribution in [0.4, 0.5) is 0 Å². The van der Waals surface area contributed by atoms with Gasteiger partial charge in [0.25, 0.3) is 0 Å². The number of nitrogens with zero attached hydrogens (tertiary/aromatic N) is 3. The highest BCUT2D eigenvalue weighted by atomic mass is 16.9. The van der Waals surface area contributed by atoms with Gasteiger partial charge in [0.1, 0.15) is 48.9 Å². The summed E-state index contributed by atoms with van der Waals surface area (Å²) >= 11 is 0. The molecule has 270 valence electrons. The highest BCUT2D eigenvalue weighted by Crippen LogP contribution is 2.46. The topological polar surface area (TPSA) is 149 Å². The Balaban J connectivity index is 1.12. The fraction of sp³-hybridized carbons (Fsp3) is 0.735. The number of esters is 1. The number of hydrogen-bond donors (Lipinski definition) is 0. The van der Waals surface area contributed by atoms with E-state index in [0.717, 1.165) is 5.56 Å². The van der Waals surface area contributed by atoms with Crippen LogP contribution >= 0.6 is 0 Å². The first kappa shape index (κ1) is 34.9. The van der Waals surface area contributed by atoms with E-state index >= 15 is 0 Å². The molecule has 0 radical (unpaired) electrons. The zero-order valence-corrected chi connectivity index (χ0v) is 29.1. The SMILES string of the molecule is CCOC(=O)CC(C1O[C@@H]2OC(C)(C)O[C@@H]2[C@H]1OCc1ccccc1)n1cc(COC2C3OC(C)(C)OC3COC23COC(C)(C)O3)nn1. The smallest absolute Gasteiger partial charge is 0.308 e. The Morgan fingerprint density at radius 2 is 1.69 bits per heavy atom. The van der Waals surface area contributed by atoms with Crippen LogP contribution in [0.3, 0.4) is 0 Å². The third-order valence-electron chi connectivity index (χ3n) is 9.17. The van der Waals surface area contributed by atoms with Crippen LogP contribution in [0.15, 0.2) is 36.5 Å². The van der Waals surface area contributed by atoms with E-state index < -0.39 is 72.0 Å². The fourth-order valence-electron chi connectivity index (χ4n) is 7.22. The monoisotopic (exact) mass is 689 g/mol. The van der Waals surface area contributed by atoms with Crippen LogP contribution in [-0.4, -0.2) is 107 Å². The Morgan fingerprint density at radius 1 is 0.939 bits per heavy atom. The van der Waals surface area contributed by atoms with E-state index in [2.05, 4.69) is 10.3 Å². The molecule has 5 aliphatic rings. The van der Waals surface area contributed by atoms with Gasteiger partial charge in [-0.2, -0.15) is 0 Å². The number of hydrogen-bond acceptors (Lipinski definition) is 14. The van der Waals surface area contributed by atoms with E-state index in [9.17, 15) is 4.79 Å². The molecule has 5 saturated heterocycles. The van der Waals surface area contributed by atoms with Crippen LogP contribution in [0.5, 0.6) is 0 Å². The largest absolute Gasteiger partial charge is 0.466 e. The summed E-state index contributed by atoms with van der Waals surface area (Å²) in [4.78, 5) is 13.0. The summed E-state index contributed by atoms with van der Waals surface area (Å²) in [6.07, 6.45) is -2.41. The molecule has 6 unspecified atom stereocenters. The minimum atomic E-state index is -1.20. The van der Waals surface area contributed by atoms with Gasteiger partial charge in [-0.05, 0) is 54.0 Å². The summed E-state index contributed by atoms with van der Waals surface area (Å²) in [5, 5.41) is 8.84. The lowest BCUT2D eigenvalue weighted by molar-refractivity contribution is -0.336. The minimum absolute atomic E-state index is 0.0316. The number of benzene rings is 1. The molecule has 5 fully saturated rings. The Hall–Kier alpha value is -2.57. The van der Waals surface area contributed by atoms with Gasteiger partial charge in [0, 0.05) is 0 Å². The summed E-state index contributed by atoms with van der Waals surface area (Å²) in [6.45, 7) is 13.8. The molecule has 1 aromatic heterocycles. The first-order valence-electron chi connectivity index (χ1n) is 16.9. The maximum Gasteiger partial charge on any atom is 0.308 e. The van der Waals surface area contributed by atoms with Gasteiger partial charge in [0.15, 0.2) is 23.7 Å². The maximum atomic E-state index is 13.0. The second-order valence-electron chi connectivity index (χ2n) is 14.4. The lowest BCUT2D eigenvalue weighted by Gasteiger charge is -2.43. The van der Waals surface area contributed by atoms with Crippen molar-refractivity contribution in [3.05, 3.63) is 47.8 Å². The summed E-state index contributed by atoms with van der Waals surface area (Å²) in [5.74, 6) is -4.20. The number of fused-ring (bicyclic) bond motifs is 2. The van der Waals surface area contributed by atoms with Crippen molar-refractivity contribution in [2.75, 3.05) is 19.8 Å². The number of carbonyl (C=O) groups is 1. The number of rotatable bonds is 11. The molecule has 5 aliphatic heterocycles.